The molecule has 0 fully saturated rings. The number of hydrogen-bond donors (Lipinski definition) is 1. The van der Waals surface area contributed by atoms with Crippen LogP contribution in [0.5, 0.6) is 0 Å². The van der Waals surface area contributed by atoms with Gasteiger partial charge in [0, 0.05) is 0 Å². The lowest BCUT2D eigenvalue weighted by molar-refractivity contribution is -0.143. The Morgan fingerprint density at radius 1 is 0.974 bits per heavy atom. The van der Waals surface area contributed by atoms with Crippen molar-refractivity contribution in [2.45, 2.75) is 71.1 Å². The minimum absolute atomic E-state index is 0.0719. The highest BCUT2D eigenvalue weighted by molar-refractivity contribution is 6.13. The number of halogens is 6. The van der Waals surface area contributed by atoms with Crippen LogP contribution in [0.15, 0.2) is 36.5 Å². The Morgan fingerprint density at radius 3 is 2.21 bits per heavy atom. The Bertz CT molecular complexity index is 1480. The van der Waals surface area contributed by atoms with Crippen molar-refractivity contribution in [3.63, 3.8) is 0 Å². The molecule has 0 radical (unpaired) electrons. The molecule has 0 saturated carbocycles. The van der Waals surface area contributed by atoms with E-state index in [-0.39, 0.29) is 11.8 Å². The number of aryl methyl sites for hydroxylation is 2. The van der Waals surface area contributed by atoms with Crippen molar-refractivity contribution in [2.24, 2.45) is 0 Å². The second-order valence-electron chi connectivity index (χ2n) is 10.6. The fourth-order valence-corrected chi connectivity index (χ4v) is 5.74. The largest absolute Gasteiger partial charge is 0.416 e. The average molecular weight is 548 g/mol. The van der Waals surface area contributed by atoms with Gasteiger partial charge in [-0.05, 0) is 104 Å². The molecule has 1 amide bonds. The minimum atomic E-state index is -5.03. The van der Waals surface area contributed by atoms with Crippen LogP contribution in [-0.4, -0.2) is 16.1 Å². The first-order valence-electron chi connectivity index (χ1n) is 12.7. The zero-order valence-corrected chi connectivity index (χ0v) is 21.9. The van der Waals surface area contributed by atoms with E-state index in [0.717, 1.165) is 57.7 Å². The van der Waals surface area contributed by atoms with Gasteiger partial charge in [-0.2, -0.15) is 31.4 Å². The standard InChI is InChI=1S/C29H27F6N3O/c1-5-20-21(8-6-7-16-14-36-37-25(16)20)22-13-24-23(9-15(22)2)27(3,4)26(39)38(24)19-11-17(28(30,31)32)10-18(12-19)29(33,34)35/h9-14H,5-8H2,1-4H3,(H,36,37). The third-order valence-corrected chi connectivity index (χ3v) is 7.76. The Kier molecular flexibility index (Phi) is 6.23. The molecule has 1 aliphatic carbocycles. The summed E-state index contributed by atoms with van der Waals surface area (Å²) in [6, 6.07) is 4.87. The molecule has 3 aromatic rings. The van der Waals surface area contributed by atoms with Gasteiger partial charge in [0.2, 0.25) is 5.91 Å². The lowest BCUT2D eigenvalue weighted by atomic mass is 9.83. The summed E-state index contributed by atoms with van der Waals surface area (Å²) >= 11 is 0. The van der Waals surface area contributed by atoms with E-state index in [2.05, 4.69) is 10.2 Å². The zero-order chi connectivity index (χ0) is 28.5. The molecular formula is C29H27F6N3O. The van der Waals surface area contributed by atoms with E-state index >= 15 is 0 Å². The normalized spacial score (nSPS) is 17.4. The first-order chi connectivity index (χ1) is 18.1. The van der Waals surface area contributed by atoms with Crippen molar-refractivity contribution in [3.8, 4) is 0 Å². The fourth-order valence-electron chi connectivity index (χ4n) is 5.74. The minimum Gasteiger partial charge on any atom is -0.280 e. The van der Waals surface area contributed by atoms with Gasteiger partial charge < -0.3 is 0 Å². The number of nitrogens with zero attached hydrogens (tertiary/aromatic N) is 2. The number of carbonyl (C=O) groups is 1. The highest BCUT2D eigenvalue weighted by Crippen LogP contribution is 2.50. The van der Waals surface area contributed by atoms with E-state index in [1.54, 1.807) is 26.1 Å². The summed E-state index contributed by atoms with van der Waals surface area (Å²) in [6.45, 7) is 7.19. The van der Waals surface area contributed by atoms with Crippen LogP contribution in [0.25, 0.3) is 11.1 Å². The summed E-state index contributed by atoms with van der Waals surface area (Å²) < 4.78 is 81.9. The Labute approximate surface area is 221 Å². The van der Waals surface area contributed by atoms with Crippen molar-refractivity contribution in [2.75, 3.05) is 4.90 Å². The number of benzene rings is 2. The summed E-state index contributed by atoms with van der Waals surface area (Å²) in [7, 11) is 0. The van der Waals surface area contributed by atoms with Crippen LogP contribution >= 0.6 is 0 Å². The third-order valence-electron chi connectivity index (χ3n) is 7.76. The number of fused-ring (bicyclic) bond motifs is 2. The van der Waals surface area contributed by atoms with Gasteiger partial charge in [0.05, 0.1) is 39.8 Å². The number of anilines is 2. The maximum Gasteiger partial charge on any atom is 0.416 e. The van der Waals surface area contributed by atoms with Crippen LogP contribution < -0.4 is 4.90 Å². The Hall–Kier alpha value is -3.56. The molecule has 0 spiro atoms. The van der Waals surface area contributed by atoms with Gasteiger partial charge in [-0.1, -0.05) is 13.0 Å². The number of H-pyrrole nitrogens is 1. The predicted octanol–water partition coefficient (Wildman–Crippen LogP) is 8.37. The van der Waals surface area contributed by atoms with E-state index in [0.29, 0.717) is 24.1 Å². The summed E-state index contributed by atoms with van der Waals surface area (Å²) in [4.78, 5) is 14.7. The molecule has 1 N–H and O–H groups in total. The molecular weight excluding hydrogens is 520 g/mol. The predicted molar refractivity (Wildman–Crippen MR) is 136 cm³/mol. The average Bonchev–Trinajstić information content (AvgIpc) is 3.31. The number of aromatic nitrogens is 2. The van der Waals surface area contributed by atoms with E-state index in [1.807, 2.05) is 19.9 Å². The summed E-state index contributed by atoms with van der Waals surface area (Å²) in [5, 5.41) is 7.27. The van der Waals surface area contributed by atoms with Gasteiger partial charge in [-0.25, -0.2) is 0 Å². The van der Waals surface area contributed by atoms with Gasteiger partial charge in [0.15, 0.2) is 0 Å². The quantitative estimate of drug-likeness (QED) is 0.335. The van der Waals surface area contributed by atoms with Crippen LogP contribution in [0.2, 0.25) is 0 Å². The maximum absolute atomic E-state index is 13.7. The Balaban J connectivity index is 1.76. The summed E-state index contributed by atoms with van der Waals surface area (Å²) in [5.41, 5.74) is 2.08. The number of allylic oxidation sites excluding steroid dienone is 2. The van der Waals surface area contributed by atoms with Crippen molar-refractivity contribution >= 4 is 28.4 Å². The van der Waals surface area contributed by atoms with Crippen molar-refractivity contribution < 1.29 is 31.1 Å². The van der Waals surface area contributed by atoms with Gasteiger partial charge in [-0.15, -0.1) is 0 Å². The third kappa shape index (κ3) is 4.43. The SMILES string of the molecule is CCC1=C(c2cc3c(cc2C)C(C)(C)C(=O)N3c2cc(C(F)(F)F)cc(C(F)(F)F)c2)CCCc2cn[nH]c21. The molecule has 39 heavy (non-hydrogen) atoms. The first kappa shape index (κ1) is 27.0. The molecule has 0 atom stereocenters. The number of amides is 1. The van der Waals surface area contributed by atoms with Gasteiger partial charge in [0.25, 0.3) is 0 Å². The number of aromatic amines is 1. The number of alkyl halides is 6. The van der Waals surface area contributed by atoms with Crippen LogP contribution in [0.1, 0.15) is 79.1 Å². The van der Waals surface area contributed by atoms with Crippen LogP contribution in [0, 0.1) is 6.92 Å². The molecule has 2 aromatic carbocycles. The molecule has 2 aliphatic rings. The number of carbonyl (C=O) groups excluding carboxylic acids is 1. The van der Waals surface area contributed by atoms with Crippen molar-refractivity contribution in [1.29, 1.82) is 0 Å². The molecule has 0 bridgehead atoms. The van der Waals surface area contributed by atoms with Gasteiger partial charge in [0.1, 0.15) is 0 Å². The van der Waals surface area contributed by atoms with E-state index in [1.165, 1.54) is 0 Å². The summed E-state index contributed by atoms with van der Waals surface area (Å²) in [5.74, 6) is -0.595. The first-order valence-corrected chi connectivity index (χ1v) is 12.7. The molecule has 1 aromatic heterocycles. The van der Waals surface area contributed by atoms with E-state index in [9.17, 15) is 31.1 Å². The topological polar surface area (TPSA) is 49.0 Å². The van der Waals surface area contributed by atoms with Crippen molar-refractivity contribution in [1.82, 2.24) is 10.2 Å². The Morgan fingerprint density at radius 2 is 1.62 bits per heavy atom. The second-order valence-corrected chi connectivity index (χ2v) is 10.6. The smallest absolute Gasteiger partial charge is 0.280 e. The highest BCUT2D eigenvalue weighted by Gasteiger charge is 2.46. The van der Waals surface area contributed by atoms with Crippen molar-refractivity contribution in [3.05, 3.63) is 75.6 Å². The summed E-state index contributed by atoms with van der Waals surface area (Å²) in [6.07, 6.45) is -5.17. The van der Waals surface area contributed by atoms with Gasteiger partial charge >= 0.3 is 12.4 Å². The van der Waals surface area contributed by atoms with Gasteiger partial charge in [-0.3, -0.25) is 14.8 Å². The second kappa shape index (κ2) is 8.99. The number of nitrogens with one attached hydrogen (secondary N) is 1. The molecule has 206 valence electrons. The van der Waals surface area contributed by atoms with Crippen LogP contribution in [0.3, 0.4) is 0 Å². The molecule has 10 heteroatoms. The lowest BCUT2D eigenvalue weighted by Gasteiger charge is -2.23. The monoisotopic (exact) mass is 547 g/mol. The fraction of sp³-hybridized carbons (Fsp3) is 0.379. The van der Waals surface area contributed by atoms with E-state index in [4.69, 9.17) is 0 Å². The highest BCUT2D eigenvalue weighted by atomic mass is 19.4. The molecule has 5 rings (SSSR count). The molecule has 0 unspecified atom stereocenters. The number of hydrogen-bond acceptors (Lipinski definition) is 2. The zero-order valence-electron chi connectivity index (χ0n) is 21.9. The molecule has 4 nitrogen and oxygen atoms in total. The maximum atomic E-state index is 13.7. The molecule has 2 heterocycles. The lowest BCUT2D eigenvalue weighted by Crippen LogP contribution is -2.33. The van der Waals surface area contributed by atoms with Crippen LogP contribution in [0.4, 0.5) is 37.7 Å². The van der Waals surface area contributed by atoms with E-state index < -0.39 is 40.5 Å². The molecule has 1 aliphatic heterocycles. The number of rotatable bonds is 3. The van der Waals surface area contributed by atoms with Crippen LogP contribution in [-0.2, 0) is 29.0 Å². The molecule has 0 saturated heterocycles.